The number of carbonyl (C=O) groups excluding carboxylic acids is 1. The second-order valence-corrected chi connectivity index (χ2v) is 6.73. The van der Waals surface area contributed by atoms with E-state index >= 15 is 0 Å². The maximum atomic E-state index is 12.2. The molecule has 25 heavy (non-hydrogen) atoms. The van der Waals surface area contributed by atoms with E-state index < -0.39 is 0 Å². The first kappa shape index (κ1) is 15.9. The van der Waals surface area contributed by atoms with Crippen LogP contribution in [0.4, 0.5) is 5.69 Å². The normalized spacial score (nSPS) is 11.1. The molecule has 2 aromatic carbocycles. The lowest BCUT2D eigenvalue weighted by Crippen LogP contribution is -2.14. The highest BCUT2D eigenvalue weighted by Crippen LogP contribution is 2.24. The Hall–Kier alpha value is -2.57. The summed E-state index contributed by atoms with van der Waals surface area (Å²) in [5, 5.41) is 13.5. The molecule has 0 aliphatic carbocycles. The Morgan fingerprint density at radius 2 is 1.84 bits per heavy atom. The summed E-state index contributed by atoms with van der Waals surface area (Å²) in [5.74, 6) is 0.0741. The fourth-order valence-electron chi connectivity index (χ4n) is 2.58. The molecule has 4 rings (SSSR count). The first-order valence-electron chi connectivity index (χ1n) is 7.62. The minimum atomic E-state index is -0.143. The predicted molar refractivity (Wildman–Crippen MR) is 101 cm³/mol. The number of halogens is 1. The van der Waals surface area contributed by atoms with E-state index in [1.54, 1.807) is 12.1 Å². The second-order valence-electron chi connectivity index (χ2n) is 5.39. The van der Waals surface area contributed by atoms with Gasteiger partial charge in [0.1, 0.15) is 0 Å². The van der Waals surface area contributed by atoms with E-state index in [1.165, 1.54) is 11.8 Å². The lowest BCUT2D eigenvalue weighted by atomic mass is 10.2. The topological polar surface area (TPSA) is 59.3 Å². The van der Waals surface area contributed by atoms with Crippen molar-refractivity contribution in [3.05, 3.63) is 65.7 Å². The Morgan fingerprint density at radius 3 is 2.72 bits per heavy atom. The van der Waals surface area contributed by atoms with Gasteiger partial charge in [-0.1, -0.05) is 53.7 Å². The number of nitrogens with zero attached hydrogens (tertiary/aromatic N) is 3. The maximum Gasteiger partial charge on any atom is 0.234 e. The van der Waals surface area contributed by atoms with E-state index in [9.17, 15) is 4.79 Å². The van der Waals surface area contributed by atoms with Crippen molar-refractivity contribution in [2.45, 2.75) is 5.16 Å². The highest BCUT2D eigenvalue weighted by molar-refractivity contribution is 7.99. The Bertz CT molecular complexity index is 1080. The number of carbonyl (C=O) groups is 1. The zero-order valence-electron chi connectivity index (χ0n) is 13.0. The molecule has 0 fully saturated rings. The summed E-state index contributed by atoms with van der Waals surface area (Å²) in [5.41, 5.74) is 2.37. The minimum Gasteiger partial charge on any atom is -0.324 e. The van der Waals surface area contributed by atoms with Crippen molar-refractivity contribution in [1.29, 1.82) is 0 Å². The van der Waals surface area contributed by atoms with Gasteiger partial charge in [0.25, 0.3) is 0 Å². The van der Waals surface area contributed by atoms with Crippen LogP contribution in [0.1, 0.15) is 0 Å². The fourth-order valence-corrected chi connectivity index (χ4v) is 3.52. The molecule has 1 N–H and O–H groups in total. The van der Waals surface area contributed by atoms with Gasteiger partial charge in [-0.3, -0.25) is 9.20 Å². The number of pyridine rings is 1. The summed E-state index contributed by atoms with van der Waals surface area (Å²) < 4.78 is 1.96. The number of rotatable bonds is 4. The lowest BCUT2D eigenvalue weighted by Gasteiger charge is -2.07. The largest absolute Gasteiger partial charge is 0.324 e. The number of aromatic nitrogens is 3. The van der Waals surface area contributed by atoms with Gasteiger partial charge in [-0.15, -0.1) is 10.2 Å². The Kier molecular flexibility index (Phi) is 4.29. The van der Waals surface area contributed by atoms with Gasteiger partial charge in [0, 0.05) is 0 Å². The molecule has 0 bridgehead atoms. The van der Waals surface area contributed by atoms with Crippen molar-refractivity contribution in [1.82, 2.24) is 14.6 Å². The number of nitrogens with one attached hydrogen (secondary N) is 1. The smallest absolute Gasteiger partial charge is 0.234 e. The molecular formula is C18H13ClN4OS. The number of para-hydroxylation sites is 2. The van der Waals surface area contributed by atoms with Crippen molar-refractivity contribution < 1.29 is 4.79 Å². The second kappa shape index (κ2) is 6.74. The van der Waals surface area contributed by atoms with Crippen LogP contribution >= 0.6 is 23.4 Å². The molecule has 0 aliphatic heterocycles. The first-order chi connectivity index (χ1) is 12.2. The molecule has 5 nitrogen and oxygen atoms in total. The van der Waals surface area contributed by atoms with Gasteiger partial charge < -0.3 is 5.32 Å². The summed E-state index contributed by atoms with van der Waals surface area (Å²) in [6, 6.07) is 19.1. The standard InChI is InChI=1S/C18H13ClN4OS/c19-13-6-2-3-7-14(13)20-17(24)11-25-18-22-21-16-10-9-12-5-1-4-8-15(12)23(16)18/h1-10H,11H2,(H,20,24). The number of anilines is 1. The van der Waals surface area contributed by atoms with Crippen molar-refractivity contribution in [2.24, 2.45) is 0 Å². The molecule has 0 saturated carbocycles. The number of benzene rings is 2. The molecule has 0 saturated heterocycles. The van der Waals surface area contributed by atoms with E-state index in [4.69, 9.17) is 11.6 Å². The molecule has 0 aliphatic rings. The van der Waals surface area contributed by atoms with Gasteiger partial charge in [0.2, 0.25) is 5.91 Å². The van der Waals surface area contributed by atoms with E-state index in [-0.39, 0.29) is 11.7 Å². The predicted octanol–water partition coefficient (Wildman–Crippen LogP) is 4.27. The summed E-state index contributed by atoms with van der Waals surface area (Å²) in [4.78, 5) is 12.2. The SMILES string of the molecule is O=C(CSc1nnc2ccc3ccccc3n12)Nc1ccccc1Cl. The van der Waals surface area contributed by atoms with E-state index in [2.05, 4.69) is 15.5 Å². The molecule has 124 valence electrons. The monoisotopic (exact) mass is 368 g/mol. The quantitative estimate of drug-likeness (QED) is 0.546. The van der Waals surface area contributed by atoms with Crippen LogP contribution in [0.15, 0.2) is 65.8 Å². The molecule has 0 atom stereocenters. The van der Waals surface area contributed by atoms with Crippen molar-refractivity contribution in [3.8, 4) is 0 Å². The molecular weight excluding hydrogens is 356 g/mol. The van der Waals surface area contributed by atoms with Crippen molar-refractivity contribution in [3.63, 3.8) is 0 Å². The summed E-state index contributed by atoms with van der Waals surface area (Å²) in [6.45, 7) is 0. The minimum absolute atomic E-state index is 0.143. The fraction of sp³-hybridized carbons (Fsp3) is 0.0556. The number of hydrogen-bond acceptors (Lipinski definition) is 4. The van der Waals surface area contributed by atoms with Crippen LogP contribution < -0.4 is 5.32 Å². The third kappa shape index (κ3) is 3.18. The van der Waals surface area contributed by atoms with Crippen LogP contribution in [0.2, 0.25) is 5.02 Å². The molecule has 4 aromatic rings. The zero-order valence-corrected chi connectivity index (χ0v) is 14.6. The average molecular weight is 369 g/mol. The zero-order chi connectivity index (χ0) is 17.2. The Balaban J connectivity index is 1.56. The van der Waals surface area contributed by atoms with Crippen LogP contribution in [0.25, 0.3) is 16.6 Å². The number of thioether (sulfide) groups is 1. The molecule has 0 radical (unpaired) electrons. The molecule has 0 spiro atoms. The van der Waals surface area contributed by atoms with Crippen LogP contribution in [0.3, 0.4) is 0 Å². The Morgan fingerprint density at radius 1 is 1.04 bits per heavy atom. The molecule has 1 amide bonds. The van der Waals surface area contributed by atoms with Crippen LogP contribution in [-0.4, -0.2) is 26.3 Å². The van der Waals surface area contributed by atoms with Gasteiger partial charge >= 0.3 is 0 Å². The average Bonchev–Trinajstić information content (AvgIpc) is 3.05. The van der Waals surface area contributed by atoms with Crippen LogP contribution in [-0.2, 0) is 4.79 Å². The first-order valence-corrected chi connectivity index (χ1v) is 8.99. The molecule has 2 heterocycles. The van der Waals surface area contributed by atoms with Gasteiger partial charge in [0.05, 0.1) is 22.0 Å². The lowest BCUT2D eigenvalue weighted by molar-refractivity contribution is -0.113. The van der Waals surface area contributed by atoms with E-state index in [0.717, 1.165) is 16.6 Å². The summed E-state index contributed by atoms with van der Waals surface area (Å²) in [7, 11) is 0. The van der Waals surface area contributed by atoms with Crippen LogP contribution in [0, 0.1) is 0 Å². The summed E-state index contributed by atoms with van der Waals surface area (Å²) >= 11 is 7.40. The summed E-state index contributed by atoms with van der Waals surface area (Å²) in [6.07, 6.45) is 0. The van der Waals surface area contributed by atoms with E-state index in [1.807, 2.05) is 52.9 Å². The van der Waals surface area contributed by atoms with Gasteiger partial charge in [-0.2, -0.15) is 0 Å². The van der Waals surface area contributed by atoms with Crippen molar-refractivity contribution in [2.75, 3.05) is 11.1 Å². The van der Waals surface area contributed by atoms with Gasteiger partial charge in [-0.05, 0) is 35.7 Å². The number of hydrogen-bond donors (Lipinski definition) is 1. The van der Waals surface area contributed by atoms with E-state index in [0.29, 0.717) is 15.9 Å². The van der Waals surface area contributed by atoms with Gasteiger partial charge in [0.15, 0.2) is 10.8 Å². The molecule has 2 aromatic heterocycles. The third-order valence-electron chi connectivity index (χ3n) is 3.73. The van der Waals surface area contributed by atoms with Gasteiger partial charge in [-0.25, -0.2) is 0 Å². The third-order valence-corrected chi connectivity index (χ3v) is 4.99. The molecule has 0 unspecified atom stereocenters. The number of fused-ring (bicyclic) bond motifs is 3. The van der Waals surface area contributed by atoms with Crippen molar-refractivity contribution >= 4 is 51.5 Å². The molecule has 7 heteroatoms. The highest BCUT2D eigenvalue weighted by Gasteiger charge is 2.12. The number of amides is 1. The van der Waals surface area contributed by atoms with Crippen LogP contribution in [0.5, 0.6) is 0 Å². The maximum absolute atomic E-state index is 12.2. The Labute approximate surface area is 153 Å². The highest BCUT2D eigenvalue weighted by atomic mass is 35.5.